The number of Topliss-reactive ketones (excluding diaryl/α,β-unsaturated/α-hetero) is 1. The Morgan fingerprint density at radius 2 is 1.55 bits per heavy atom. The monoisotopic (exact) mass is 322 g/mol. The van der Waals surface area contributed by atoms with Crippen LogP contribution in [0.2, 0.25) is 0 Å². The van der Waals surface area contributed by atoms with Gasteiger partial charge in [-0.05, 0) is 31.9 Å². The minimum absolute atomic E-state index is 0.130. The minimum Gasteiger partial charge on any atom is -0.366 e. The molecule has 0 fully saturated rings. The number of aryl methyl sites for hydroxylation is 3. The van der Waals surface area contributed by atoms with Gasteiger partial charge in [-0.25, -0.2) is 0 Å². The highest BCUT2D eigenvalue weighted by Crippen LogP contribution is 2.47. The number of carbonyl (C=O) groups excluding carboxylic acids is 2. The molecule has 120 valence electrons. The Hall–Kier alpha value is -1.54. The first-order valence-corrected chi connectivity index (χ1v) is 8.99. The molecule has 0 saturated carbocycles. The number of ketones is 1. The normalized spacial score (nSPS) is 12.1. The number of hydrogen-bond acceptors (Lipinski definition) is 3. The second-order valence-corrected chi connectivity index (χ2v) is 7.77. The fourth-order valence-corrected chi connectivity index (χ4v) is 4.73. The van der Waals surface area contributed by atoms with Crippen LogP contribution in [0.5, 0.6) is 0 Å². The first-order chi connectivity index (χ1) is 10.2. The fraction of sp³-hybridized carbons (Fsp3) is 0.529. The van der Waals surface area contributed by atoms with Crippen molar-refractivity contribution in [3.63, 3.8) is 0 Å². The van der Waals surface area contributed by atoms with Crippen molar-refractivity contribution >= 4 is 19.5 Å². The molecule has 2 N–H and O–H groups in total. The van der Waals surface area contributed by atoms with E-state index in [2.05, 4.69) is 0 Å². The van der Waals surface area contributed by atoms with Crippen LogP contribution in [0.25, 0.3) is 0 Å². The summed E-state index contributed by atoms with van der Waals surface area (Å²) in [5.41, 5.74) is 8.67. The standard InChI is InChI=1S/C17H24NO3P/c1-6-17(7-2,22(21)10-14(18)19)16(20)15-12(4)8-11(3)9-13(15)5/h8-9H,6-7,10H2,1-5H3,(H-,18,19)/p+1. The largest absolute Gasteiger partial charge is 0.366 e. The highest BCUT2D eigenvalue weighted by molar-refractivity contribution is 7.49. The molecule has 1 unspecified atom stereocenters. The third-order valence-electron chi connectivity index (χ3n) is 4.27. The lowest BCUT2D eigenvalue weighted by Gasteiger charge is -2.22. The van der Waals surface area contributed by atoms with Gasteiger partial charge in [0.25, 0.3) is 5.91 Å². The van der Waals surface area contributed by atoms with E-state index in [9.17, 15) is 14.2 Å². The Balaban J connectivity index is 3.42. The molecule has 1 rings (SSSR count). The van der Waals surface area contributed by atoms with Gasteiger partial charge in [-0.1, -0.05) is 36.1 Å². The first-order valence-electron chi connectivity index (χ1n) is 7.55. The molecule has 0 heterocycles. The van der Waals surface area contributed by atoms with Crippen molar-refractivity contribution in [2.75, 3.05) is 6.16 Å². The van der Waals surface area contributed by atoms with E-state index in [0.29, 0.717) is 18.4 Å². The number of nitrogens with two attached hydrogens (primary N) is 1. The maximum Gasteiger partial charge on any atom is 0.363 e. The van der Waals surface area contributed by atoms with E-state index in [1.54, 1.807) is 0 Å². The van der Waals surface area contributed by atoms with Crippen LogP contribution in [-0.2, 0) is 9.36 Å². The summed E-state index contributed by atoms with van der Waals surface area (Å²) in [6, 6.07) is 3.91. The van der Waals surface area contributed by atoms with Crippen LogP contribution in [0.4, 0.5) is 0 Å². The van der Waals surface area contributed by atoms with Crippen LogP contribution in [0.3, 0.4) is 0 Å². The van der Waals surface area contributed by atoms with E-state index in [1.165, 1.54) is 0 Å². The Morgan fingerprint density at radius 3 is 1.91 bits per heavy atom. The predicted octanol–water partition coefficient (Wildman–Crippen LogP) is 3.67. The summed E-state index contributed by atoms with van der Waals surface area (Å²) in [5, 5.41) is -1.02. The molecule has 1 aromatic rings. The van der Waals surface area contributed by atoms with Gasteiger partial charge in [0.2, 0.25) is 17.1 Å². The molecule has 1 amide bonds. The van der Waals surface area contributed by atoms with Crippen LogP contribution in [0.1, 0.15) is 53.7 Å². The van der Waals surface area contributed by atoms with Crippen molar-refractivity contribution in [2.24, 2.45) is 5.73 Å². The molecule has 0 aliphatic rings. The van der Waals surface area contributed by atoms with Crippen LogP contribution in [-0.4, -0.2) is 23.0 Å². The molecule has 1 aromatic carbocycles. The van der Waals surface area contributed by atoms with Gasteiger partial charge in [0.05, 0.1) is 0 Å². The molecule has 22 heavy (non-hydrogen) atoms. The fourth-order valence-electron chi connectivity index (χ4n) is 3.10. The number of benzene rings is 1. The van der Waals surface area contributed by atoms with Gasteiger partial charge in [-0.2, -0.15) is 0 Å². The Morgan fingerprint density at radius 1 is 1.09 bits per heavy atom. The molecular formula is C17H25NO3P+. The van der Waals surface area contributed by atoms with E-state index < -0.39 is 18.9 Å². The lowest BCUT2D eigenvalue weighted by atomic mass is 9.86. The third-order valence-corrected chi connectivity index (χ3v) is 6.66. The Kier molecular flexibility index (Phi) is 6.01. The molecule has 5 heteroatoms. The molecule has 4 nitrogen and oxygen atoms in total. The van der Waals surface area contributed by atoms with Gasteiger partial charge in [-0.3, -0.25) is 9.59 Å². The number of rotatable bonds is 7. The quantitative estimate of drug-likeness (QED) is 0.614. The summed E-state index contributed by atoms with van der Waals surface area (Å²) in [6.07, 6.45) is 0.613. The molecular weight excluding hydrogens is 297 g/mol. The number of carbonyl (C=O) groups is 2. The SMILES string of the molecule is CCC(CC)(C(=O)c1c(C)cc(C)cc1C)[P+](=O)CC(N)=O. The second kappa shape index (κ2) is 7.15. The van der Waals surface area contributed by atoms with E-state index in [0.717, 1.165) is 16.7 Å². The first kappa shape index (κ1) is 18.5. The van der Waals surface area contributed by atoms with Crippen molar-refractivity contribution < 1.29 is 14.2 Å². The maximum absolute atomic E-state index is 13.2. The van der Waals surface area contributed by atoms with Crippen LogP contribution < -0.4 is 5.73 Å². The van der Waals surface area contributed by atoms with Crippen LogP contribution in [0, 0.1) is 20.8 Å². The Bertz CT molecular complexity index is 595. The van der Waals surface area contributed by atoms with Gasteiger partial charge in [-0.15, -0.1) is 0 Å². The van der Waals surface area contributed by atoms with Gasteiger partial charge < -0.3 is 5.73 Å². The summed E-state index contributed by atoms with van der Waals surface area (Å²) in [4.78, 5) is 24.3. The lowest BCUT2D eigenvalue weighted by molar-refractivity contribution is -0.115. The molecule has 0 aliphatic heterocycles. The topological polar surface area (TPSA) is 77.2 Å². The van der Waals surface area contributed by atoms with Gasteiger partial charge in [0.15, 0.2) is 0 Å². The highest BCUT2D eigenvalue weighted by Gasteiger charge is 2.53. The summed E-state index contributed by atoms with van der Waals surface area (Å²) in [5.74, 6) is -0.757. The van der Waals surface area contributed by atoms with Gasteiger partial charge in [0, 0.05) is 18.4 Å². The van der Waals surface area contributed by atoms with Gasteiger partial charge >= 0.3 is 7.80 Å². The average Bonchev–Trinajstić information content (AvgIpc) is 2.38. The van der Waals surface area contributed by atoms with Crippen LogP contribution >= 0.6 is 7.80 Å². The van der Waals surface area contributed by atoms with Crippen molar-refractivity contribution in [1.82, 2.24) is 0 Å². The van der Waals surface area contributed by atoms with Crippen LogP contribution in [0.15, 0.2) is 12.1 Å². The zero-order valence-corrected chi connectivity index (χ0v) is 14.9. The Labute approximate surface area is 133 Å². The van der Waals surface area contributed by atoms with Crippen molar-refractivity contribution in [2.45, 2.75) is 52.6 Å². The second-order valence-electron chi connectivity index (χ2n) is 5.84. The maximum atomic E-state index is 13.2. The van der Waals surface area contributed by atoms with E-state index in [4.69, 9.17) is 5.73 Å². The minimum atomic E-state index is -2.04. The molecule has 0 bridgehead atoms. The highest BCUT2D eigenvalue weighted by atomic mass is 31.1. The third kappa shape index (κ3) is 3.44. The summed E-state index contributed by atoms with van der Waals surface area (Å²) < 4.78 is 12.7. The zero-order valence-electron chi connectivity index (χ0n) is 14.0. The average molecular weight is 322 g/mol. The van der Waals surface area contributed by atoms with E-state index in [1.807, 2.05) is 46.8 Å². The summed E-state index contributed by atoms with van der Waals surface area (Å²) >= 11 is 0. The van der Waals surface area contributed by atoms with Crippen molar-refractivity contribution in [3.05, 3.63) is 34.4 Å². The lowest BCUT2D eigenvalue weighted by Crippen LogP contribution is -2.36. The molecule has 0 radical (unpaired) electrons. The predicted molar refractivity (Wildman–Crippen MR) is 90.0 cm³/mol. The molecule has 1 atom stereocenters. The van der Waals surface area contributed by atoms with E-state index >= 15 is 0 Å². The number of hydrogen-bond donors (Lipinski definition) is 1. The smallest absolute Gasteiger partial charge is 0.363 e. The van der Waals surface area contributed by atoms with E-state index in [-0.39, 0.29) is 11.9 Å². The molecule has 0 spiro atoms. The van der Waals surface area contributed by atoms with Crippen molar-refractivity contribution in [3.8, 4) is 0 Å². The number of amides is 1. The molecule has 0 saturated heterocycles. The summed E-state index contributed by atoms with van der Waals surface area (Å²) in [7, 11) is -2.04. The van der Waals surface area contributed by atoms with Gasteiger partial charge in [0.1, 0.15) is 0 Å². The molecule has 0 aliphatic carbocycles. The number of primary amides is 1. The zero-order chi connectivity index (χ0) is 17.1. The summed E-state index contributed by atoms with van der Waals surface area (Å²) in [6.45, 7) is 9.45. The molecule has 0 aromatic heterocycles. The van der Waals surface area contributed by atoms with Crippen molar-refractivity contribution in [1.29, 1.82) is 0 Å².